The van der Waals surface area contributed by atoms with E-state index in [0.29, 0.717) is 12.2 Å². The molecule has 0 saturated heterocycles. The van der Waals surface area contributed by atoms with E-state index < -0.39 is 0 Å². The van der Waals surface area contributed by atoms with Crippen LogP contribution in [-0.2, 0) is 4.79 Å². The Morgan fingerprint density at radius 1 is 1.14 bits per heavy atom. The Morgan fingerprint density at radius 2 is 2.00 bits per heavy atom. The average molecular weight is 310 g/mol. The van der Waals surface area contributed by atoms with Crippen molar-refractivity contribution in [3.63, 3.8) is 0 Å². The lowest BCUT2D eigenvalue weighted by Crippen LogP contribution is -2.15. The second-order valence-corrected chi connectivity index (χ2v) is 5.71. The third-order valence-electron chi connectivity index (χ3n) is 3.02. The average Bonchev–Trinajstić information content (AvgIpc) is 3.04. The number of rotatable bonds is 4. The number of amides is 1. The fourth-order valence-electron chi connectivity index (χ4n) is 1.97. The van der Waals surface area contributed by atoms with Crippen molar-refractivity contribution < 1.29 is 4.79 Å². The van der Waals surface area contributed by atoms with Gasteiger partial charge in [-0.15, -0.1) is 5.10 Å². The van der Waals surface area contributed by atoms with Crippen molar-refractivity contribution in [2.24, 2.45) is 10.2 Å². The molecule has 1 amide bonds. The molecule has 6 heteroatoms. The normalized spacial score (nSPS) is 13.5. The molecule has 0 atom stereocenters. The van der Waals surface area contributed by atoms with Gasteiger partial charge in [-0.3, -0.25) is 9.78 Å². The molecule has 0 fully saturated rings. The Bertz CT molecular complexity index is 713. The molecule has 2 aromatic rings. The van der Waals surface area contributed by atoms with E-state index >= 15 is 0 Å². The van der Waals surface area contributed by atoms with Crippen LogP contribution in [0.5, 0.6) is 0 Å². The van der Waals surface area contributed by atoms with Crippen LogP contribution in [0.15, 0.2) is 65.1 Å². The fraction of sp³-hybridized carbons (Fsp3) is 0.125. The molecule has 3 rings (SSSR count). The SMILES string of the molecule is O=C(CSC1=NN=C(c2cccnc2)C1)Nc1ccccc1. The zero-order chi connectivity index (χ0) is 15.2. The first kappa shape index (κ1) is 14.5. The first-order valence-corrected chi connectivity index (χ1v) is 7.81. The van der Waals surface area contributed by atoms with Crippen molar-refractivity contribution in [2.45, 2.75) is 6.42 Å². The summed E-state index contributed by atoms with van der Waals surface area (Å²) in [5.41, 5.74) is 2.66. The first-order chi connectivity index (χ1) is 10.8. The molecule has 1 aliphatic heterocycles. The van der Waals surface area contributed by atoms with Gasteiger partial charge >= 0.3 is 0 Å². The van der Waals surface area contributed by atoms with Crippen LogP contribution in [-0.4, -0.2) is 27.4 Å². The highest BCUT2D eigenvalue weighted by atomic mass is 32.2. The maximum Gasteiger partial charge on any atom is 0.234 e. The number of hydrogen-bond donors (Lipinski definition) is 1. The molecule has 0 spiro atoms. The van der Waals surface area contributed by atoms with Gasteiger partial charge in [0.15, 0.2) is 0 Å². The number of nitrogens with one attached hydrogen (secondary N) is 1. The van der Waals surface area contributed by atoms with Crippen LogP contribution >= 0.6 is 11.8 Å². The fourth-order valence-corrected chi connectivity index (χ4v) is 2.68. The number of hydrogen-bond acceptors (Lipinski definition) is 5. The highest BCUT2D eigenvalue weighted by Gasteiger charge is 2.16. The van der Waals surface area contributed by atoms with E-state index in [0.717, 1.165) is 22.0 Å². The second-order valence-electron chi connectivity index (χ2n) is 4.66. The van der Waals surface area contributed by atoms with Crippen LogP contribution in [0, 0.1) is 0 Å². The minimum Gasteiger partial charge on any atom is -0.325 e. The van der Waals surface area contributed by atoms with Crippen LogP contribution < -0.4 is 5.32 Å². The lowest BCUT2D eigenvalue weighted by atomic mass is 10.1. The molecule has 22 heavy (non-hydrogen) atoms. The van der Waals surface area contributed by atoms with Gasteiger partial charge in [-0.25, -0.2) is 0 Å². The van der Waals surface area contributed by atoms with Gasteiger partial charge in [0.2, 0.25) is 5.91 Å². The van der Waals surface area contributed by atoms with Crippen LogP contribution in [0.1, 0.15) is 12.0 Å². The van der Waals surface area contributed by atoms with Crippen molar-refractivity contribution in [2.75, 3.05) is 11.1 Å². The molecule has 0 saturated carbocycles. The zero-order valence-electron chi connectivity index (χ0n) is 11.8. The van der Waals surface area contributed by atoms with Crippen LogP contribution in [0.4, 0.5) is 5.69 Å². The monoisotopic (exact) mass is 310 g/mol. The quantitative estimate of drug-likeness (QED) is 0.944. The number of carbonyl (C=O) groups excluding carboxylic acids is 1. The Hall–Kier alpha value is -2.47. The minimum atomic E-state index is -0.0475. The van der Waals surface area contributed by atoms with E-state index in [9.17, 15) is 4.79 Å². The Kier molecular flexibility index (Phi) is 4.60. The summed E-state index contributed by atoms with van der Waals surface area (Å²) in [7, 11) is 0. The van der Waals surface area contributed by atoms with Crippen molar-refractivity contribution in [1.82, 2.24) is 4.98 Å². The van der Waals surface area contributed by atoms with Crippen LogP contribution in [0.3, 0.4) is 0 Å². The molecule has 0 radical (unpaired) electrons. The number of carbonyl (C=O) groups is 1. The molecule has 0 bridgehead atoms. The Balaban J connectivity index is 1.47. The van der Waals surface area contributed by atoms with Gasteiger partial charge in [-0.2, -0.15) is 5.10 Å². The maximum absolute atomic E-state index is 11.9. The Labute approximate surface area is 132 Å². The van der Waals surface area contributed by atoms with Crippen LogP contribution in [0.2, 0.25) is 0 Å². The van der Waals surface area contributed by atoms with Crippen molar-refractivity contribution in [1.29, 1.82) is 0 Å². The summed E-state index contributed by atoms with van der Waals surface area (Å²) in [4.78, 5) is 16.0. The molecular weight excluding hydrogens is 296 g/mol. The molecule has 0 unspecified atom stereocenters. The molecule has 1 aromatic carbocycles. The summed E-state index contributed by atoms with van der Waals surface area (Å²) in [6.45, 7) is 0. The number of thioether (sulfide) groups is 1. The van der Waals surface area contributed by atoms with E-state index in [1.165, 1.54) is 11.8 Å². The van der Waals surface area contributed by atoms with E-state index in [2.05, 4.69) is 20.5 Å². The number of para-hydroxylation sites is 1. The van der Waals surface area contributed by atoms with E-state index in [1.807, 2.05) is 42.5 Å². The molecule has 1 aliphatic rings. The van der Waals surface area contributed by atoms with Gasteiger partial charge in [0.25, 0.3) is 0 Å². The topological polar surface area (TPSA) is 66.7 Å². The molecule has 1 aromatic heterocycles. The largest absolute Gasteiger partial charge is 0.325 e. The second kappa shape index (κ2) is 7.00. The van der Waals surface area contributed by atoms with Gasteiger partial charge in [-0.1, -0.05) is 30.0 Å². The van der Waals surface area contributed by atoms with Crippen molar-refractivity contribution in [3.05, 3.63) is 60.4 Å². The standard InChI is InChI=1S/C16H14N4OS/c21-15(18-13-6-2-1-3-7-13)11-22-16-9-14(19-20-16)12-5-4-8-17-10-12/h1-8,10H,9,11H2,(H,18,21). The summed E-state index contributed by atoms with van der Waals surface area (Å²) in [5.74, 6) is 0.276. The Morgan fingerprint density at radius 3 is 2.77 bits per heavy atom. The summed E-state index contributed by atoms with van der Waals surface area (Å²) in [6.07, 6.45) is 4.14. The van der Waals surface area contributed by atoms with Gasteiger partial charge in [0.1, 0.15) is 5.04 Å². The third-order valence-corrected chi connectivity index (χ3v) is 3.99. The van der Waals surface area contributed by atoms with Crippen LogP contribution in [0.25, 0.3) is 0 Å². The first-order valence-electron chi connectivity index (χ1n) is 6.83. The molecule has 5 nitrogen and oxygen atoms in total. The van der Waals surface area contributed by atoms with E-state index in [1.54, 1.807) is 12.4 Å². The predicted octanol–water partition coefficient (Wildman–Crippen LogP) is 2.96. The van der Waals surface area contributed by atoms with Gasteiger partial charge in [-0.05, 0) is 24.3 Å². The molecule has 110 valence electrons. The number of pyridine rings is 1. The predicted molar refractivity (Wildman–Crippen MR) is 90.4 cm³/mol. The van der Waals surface area contributed by atoms with Gasteiger partial charge < -0.3 is 5.32 Å². The molecule has 2 heterocycles. The minimum absolute atomic E-state index is 0.0475. The summed E-state index contributed by atoms with van der Waals surface area (Å²) in [6, 6.07) is 13.2. The number of nitrogens with zero attached hydrogens (tertiary/aromatic N) is 3. The number of anilines is 1. The van der Waals surface area contributed by atoms with E-state index in [-0.39, 0.29) is 5.91 Å². The highest BCUT2D eigenvalue weighted by molar-refractivity contribution is 8.14. The summed E-state index contributed by atoms with van der Waals surface area (Å²) < 4.78 is 0. The number of benzene rings is 1. The highest BCUT2D eigenvalue weighted by Crippen LogP contribution is 2.18. The van der Waals surface area contributed by atoms with Crippen molar-refractivity contribution >= 4 is 34.1 Å². The molecular formula is C16H14N4OS. The lowest BCUT2D eigenvalue weighted by Gasteiger charge is -2.04. The zero-order valence-corrected chi connectivity index (χ0v) is 12.6. The van der Waals surface area contributed by atoms with Crippen molar-refractivity contribution in [3.8, 4) is 0 Å². The van der Waals surface area contributed by atoms with Gasteiger partial charge in [0, 0.05) is 30.1 Å². The smallest absolute Gasteiger partial charge is 0.234 e. The maximum atomic E-state index is 11.9. The molecule has 1 N–H and O–H groups in total. The summed E-state index contributed by atoms with van der Waals surface area (Å²) >= 11 is 1.41. The third kappa shape index (κ3) is 3.79. The number of aromatic nitrogens is 1. The van der Waals surface area contributed by atoms with E-state index in [4.69, 9.17) is 0 Å². The van der Waals surface area contributed by atoms with Gasteiger partial charge in [0.05, 0.1) is 11.5 Å². The lowest BCUT2D eigenvalue weighted by molar-refractivity contribution is -0.113. The summed E-state index contributed by atoms with van der Waals surface area (Å²) in [5, 5.41) is 12.0. The molecule has 0 aliphatic carbocycles.